The Morgan fingerprint density at radius 3 is 2.26 bits per heavy atom. The van der Waals surface area contributed by atoms with E-state index in [1.807, 2.05) is 11.8 Å². The predicted octanol–water partition coefficient (Wildman–Crippen LogP) is 3.32. The van der Waals surface area contributed by atoms with Crippen LogP contribution >= 0.6 is 11.8 Å². The fraction of sp³-hybridized carbons (Fsp3) is 0.625. The largest absolute Gasteiger partial charge is 0.298 e. The summed E-state index contributed by atoms with van der Waals surface area (Å²) < 4.78 is 0. The van der Waals surface area contributed by atoms with E-state index in [1.54, 1.807) is 0 Å². The Morgan fingerprint density at radius 1 is 1.11 bits per heavy atom. The summed E-state index contributed by atoms with van der Waals surface area (Å²) in [5, 5.41) is 0. The molecule has 1 aliphatic heterocycles. The minimum atomic E-state index is 0.739. The highest BCUT2D eigenvalue weighted by molar-refractivity contribution is 7.98. The van der Waals surface area contributed by atoms with Crippen LogP contribution in [0.2, 0.25) is 0 Å². The lowest BCUT2D eigenvalue weighted by Crippen LogP contribution is -2.48. The maximum atomic E-state index is 2.62. The highest BCUT2D eigenvalue weighted by Gasteiger charge is 2.19. The molecule has 1 fully saturated rings. The lowest BCUT2D eigenvalue weighted by molar-refractivity contribution is 0.0963. The Balaban J connectivity index is 1.81. The second kappa shape index (κ2) is 7.32. The summed E-state index contributed by atoms with van der Waals surface area (Å²) in [5.74, 6) is 0. The van der Waals surface area contributed by atoms with E-state index in [0.717, 1.165) is 12.6 Å². The summed E-state index contributed by atoms with van der Waals surface area (Å²) in [6, 6.07) is 9.74. The number of hydrogen-bond acceptors (Lipinski definition) is 3. The molecule has 0 spiro atoms. The Labute approximate surface area is 122 Å². The Bertz CT molecular complexity index is 369. The molecule has 0 radical (unpaired) electrons. The highest BCUT2D eigenvalue weighted by Crippen LogP contribution is 2.17. The van der Waals surface area contributed by atoms with E-state index < -0.39 is 0 Å². The topological polar surface area (TPSA) is 6.48 Å². The van der Waals surface area contributed by atoms with Crippen LogP contribution < -0.4 is 0 Å². The maximum absolute atomic E-state index is 2.62. The van der Waals surface area contributed by atoms with Crippen molar-refractivity contribution in [1.82, 2.24) is 9.80 Å². The van der Waals surface area contributed by atoms with Gasteiger partial charge in [0.1, 0.15) is 0 Å². The summed E-state index contributed by atoms with van der Waals surface area (Å²) >= 11 is 1.81. The molecule has 1 saturated heterocycles. The monoisotopic (exact) mass is 278 g/mol. The van der Waals surface area contributed by atoms with Gasteiger partial charge in [0.25, 0.3) is 0 Å². The van der Waals surface area contributed by atoms with Gasteiger partial charge in [0.2, 0.25) is 0 Å². The van der Waals surface area contributed by atoms with E-state index >= 15 is 0 Å². The summed E-state index contributed by atoms with van der Waals surface area (Å²) in [4.78, 5) is 6.55. The summed E-state index contributed by atoms with van der Waals surface area (Å²) in [7, 11) is 0. The zero-order valence-electron chi connectivity index (χ0n) is 12.4. The number of nitrogens with zero attached hydrogens (tertiary/aromatic N) is 2. The van der Waals surface area contributed by atoms with E-state index in [9.17, 15) is 0 Å². The summed E-state index contributed by atoms with van der Waals surface area (Å²) in [6.07, 6.45) is 3.39. The van der Waals surface area contributed by atoms with Crippen molar-refractivity contribution in [2.75, 3.05) is 32.4 Å². The van der Waals surface area contributed by atoms with Crippen molar-refractivity contribution in [2.45, 2.75) is 37.8 Å². The van der Waals surface area contributed by atoms with Crippen LogP contribution in [0.15, 0.2) is 29.2 Å². The van der Waals surface area contributed by atoms with Crippen LogP contribution in [0.3, 0.4) is 0 Å². The third-order valence-electron chi connectivity index (χ3n) is 4.19. The van der Waals surface area contributed by atoms with Gasteiger partial charge in [-0.05, 0) is 37.3 Å². The van der Waals surface area contributed by atoms with E-state index in [0.29, 0.717) is 0 Å². The number of hydrogen-bond donors (Lipinski definition) is 0. The minimum Gasteiger partial charge on any atom is -0.298 e. The molecule has 0 N–H and O–H groups in total. The van der Waals surface area contributed by atoms with Gasteiger partial charge in [-0.15, -0.1) is 11.8 Å². The second-order valence-electron chi connectivity index (χ2n) is 5.42. The van der Waals surface area contributed by atoms with Crippen molar-refractivity contribution in [3.8, 4) is 0 Å². The molecule has 0 bridgehead atoms. The average molecular weight is 278 g/mol. The molecule has 0 saturated carbocycles. The van der Waals surface area contributed by atoms with E-state index in [1.165, 1.54) is 43.1 Å². The first-order valence-corrected chi connectivity index (χ1v) is 8.54. The van der Waals surface area contributed by atoms with E-state index in [4.69, 9.17) is 0 Å². The molecule has 1 atom stereocenters. The molecular weight excluding hydrogens is 252 g/mol. The van der Waals surface area contributed by atoms with Crippen LogP contribution in [-0.2, 0) is 6.54 Å². The van der Waals surface area contributed by atoms with Crippen LogP contribution in [0.1, 0.15) is 25.8 Å². The van der Waals surface area contributed by atoms with Crippen molar-refractivity contribution < 1.29 is 0 Å². The average Bonchev–Trinajstić information content (AvgIpc) is 2.48. The number of piperazine rings is 1. The van der Waals surface area contributed by atoms with Gasteiger partial charge in [0.15, 0.2) is 0 Å². The summed E-state index contributed by atoms with van der Waals surface area (Å²) in [5.41, 5.74) is 1.44. The smallest absolute Gasteiger partial charge is 0.0234 e. The van der Waals surface area contributed by atoms with Crippen molar-refractivity contribution in [3.05, 3.63) is 29.8 Å². The maximum Gasteiger partial charge on any atom is 0.0234 e. The van der Waals surface area contributed by atoms with Gasteiger partial charge in [-0.3, -0.25) is 9.80 Å². The molecule has 0 aliphatic carbocycles. The van der Waals surface area contributed by atoms with Gasteiger partial charge >= 0.3 is 0 Å². The first-order valence-electron chi connectivity index (χ1n) is 7.32. The Morgan fingerprint density at radius 2 is 1.74 bits per heavy atom. The molecule has 2 rings (SSSR count). The molecule has 1 aromatic carbocycles. The molecule has 3 heteroatoms. The standard InChI is InChI=1S/C16H26N2S/c1-4-14(2)18-11-9-17(10-12-18)13-15-5-7-16(19-3)8-6-15/h5-8,14H,4,9-13H2,1-3H3/t14-/m0/s1. The highest BCUT2D eigenvalue weighted by atomic mass is 32.2. The fourth-order valence-electron chi connectivity index (χ4n) is 2.61. The number of benzene rings is 1. The summed E-state index contributed by atoms with van der Waals surface area (Å²) in [6.45, 7) is 10.6. The van der Waals surface area contributed by atoms with E-state index in [2.05, 4.69) is 54.2 Å². The Kier molecular flexibility index (Phi) is 5.74. The first-order chi connectivity index (χ1) is 9.22. The molecular formula is C16H26N2S. The second-order valence-corrected chi connectivity index (χ2v) is 6.30. The van der Waals surface area contributed by atoms with Crippen LogP contribution in [0.25, 0.3) is 0 Å². The molecule has 2 nitrogen and oxygen atoms in total. The van der Waals surface area contributed by atoms with Crippen LogP contribution in [0.5, 0.6) is 0 Å². The van der Waals surface area contributed by atoms with Gasteiger partial charge in [0.05, 0.1) is 0 Å². The number of thioether (sulfide) groups is 1. The van der Waals surface area contributed by atoms with Gasteiger partial charge in [-0.1, -0.05) is 19.1 Å². The quantitative estimate of drug-likeness (QED) is 0.763. The molecule has 0 aromatic heterocycles. The van der Waals surface area contributed by atoms with Gasteiger partial charge in [-0.25, -0.2) is 0 Å². The van der Waals surface area contributed by atoms with Crippen molar-refractivity contribution in [2.24, 2.45) is 0 Å². The molecule has 19 heavy (non-hydrogen) atoms. The van der Waals surface area contributed by atoms with Crippen LogP contribution in [0, 0.1) is 0 Å². The zero-order chi connectivity index (χ0) is 13.7. The van der Waals surface area contributed by atoms with E-state index in [-0.39, 0.29) is 0 Å². The fourth-order valence-corrected chi connectivity index (χ4v) is 3.02. The molecule has 1 heterocycles. The first kappa shape index (κ1) is 14.9. The van der Waals surface area contributed by atoms with Gasteiger partial charge in [0, 0.05) is 43.7 Å². The van der Waals surface area contributed by atoms with Gasteiger partial charge < -0.3 is 0 Å². The molecule has 106 valence electrons. The SMILES string of the molecule is CC[C@H](C)N1CCN(Cc2ccc(SC)cc2)CC1. The van der Waals surface area contributed by atoms with Crippen LogP contribution in [-0.4, -0.2) is 48.3 Å². The lowest BCUT2D eigenvalue weighted by atomic mass is 10.1. The van der Waals surface area contributed by atoms with Crippen molar-refractivity contribution in [1.29, 1.82) is 0 Å². The van der Waals surface area contributed by atoms with Crippen LogP contribution in [0.4, 0.5) is 0 Å². The zero-order valence-corrected chi connectivity index (χ0v) is 13.2. The van der Waals surface area contributed by atoms with Gasteiger partial charge in [-0.2, -0.15) is 0 Å². The van der Waals surface area contributed by atoms with Crippen molar-refractivity contribution in [3.63, 3.8) is 0 Å². The number of rotatable bonds is 5. The molecule has 1 aliphatic rings. The predicted molar refractivity (Wildman–Crippen MR) is 84.8 cm³/mol. The van der Waals surface area contributed by atoms with Crippen molar-refractivity contribution >= 4 is 11.8 Å². The lowest BCUT2D eigenvalue weighted by Gasteiger charge is -2.37. The molecule has 0 amide bonds. The Hall–Kier alpha value is -0.510. The normalized spacial score (nSPS) is 19.5. The third kappa shape index (κ3) is 4.23. The molecule has 0 unspecified atom stereocenters. The minimum absolute atomic E-state index is 0.739. The third-order valence-corrected chi connectivity index (χ3v) is 4.93. The molecule has 1 aromatic rings.